The molecule has 0 atom stereocenters. The summed E-state index contributed by atoms with van der Waals surface area (Å²) in [5.74, 6) is 0.782. The van der Waals surface area contributed by atoms with E-state index in [0.29, 0.717) is 37.8 Å². The van der Waals surface area contributed by atoms with Crippen LogP contribution < -0.4 is 10.1 Å². The summed E-state index contributed by atoms with van der Waals surface area (Å²) in [4.78, 5) is 28.8. The fourth-order valence-electron chi connectivity index (χ4n) is 3.76. The summed E-state index contributed by atoms with van der Waals surface area (Å²) in [6.07, 6.45) is 5.96. The quantitative estimate of drug-likeness (QED) is 0.881. The number of nitrogens with zero attached hydrogens (tertiary/aromatic N) is 2. The van der Waals surface area contributed by atoms with Crippen LogP contribution >= 0.6 is 0 Å². The van der Waals surface area contributed by atoms with Crippen molar-refractivity contribution >= 4 is 11.9 Å². The van der Waals surface area contributed by atoms with Crippen molar-refractivity contribution < 1.29 is 14.3 Å². The molecule has 3 amide bonds. The van der Waals surface area contributed by atoms with Crippen molar-refractivity contribution in [2.24, 2.45) is 0 Å². The predicted molar refractivity (Wildman–Crippen MR) is 105 cm³/mol. The van der Waals surface area contributed by atoms with Crippen LogP contribution in [0.3, 0.4) is 0 Å². The molecule has 1 saturated heterocycles. The van der Waals surface area contributed by atoms with E-state index in [4.69, 9.17) is 4.74 Å². The first-order valence-corrected chi connectivity index (χ1v) is 10.1. The molecule has 2 aliphatic rings. The molecule has 6 nitrogen and oxygen atoms in total. The number of benzene rings is 1. The van der Waals surface area contributed by atoms with Crippen LogP contribution in [0, 0.1) is 0 Å². The zero-order valence-electron chi connectivity index (χ0n) is 16.4. The maximum atomic E-state index is 12.7. The highest BCUT2D eigenvalue weighted by Crippen LogP contribution is 2.18. The second-order valence-electron chi connectivity index (χ2n) is 7.75. The Bertz CT molecular complexity index is 631. The van der Waals surface area contributed by atoms with Crippen LogP contribution in [-0.4, -0.2) is 60.1 Å². The Morgan fingerprint density at radius 3 is 2.15 bits per heavy atom. The lowest BCUT2D eigenvalue weighted by Gasteiger charge is -2.36. The van der Waals surface area contributed by atoms with Crippen molar-refractivity contribution in [3.05, 3.63) is 29.8 Å². The van der Waals surface area contributed by atoms with Gasteiger partial charge in [0.2, 0.25) is 0 Å². The third kappa shape index (κ3) is 5.37. The van der Waals surface area contributed by atoms with Crippen LogP contribution in [0.5, 0.6) is 5.75 Å². The zero-order valence-corrected chi connectivity index (χ0v) is 16.4. The first kappa shape index (κ1) is 19.5. The zero-order chi connectivity index (χ0) is 19.2. The second-order valence-corrected chi connectivity index (χ2v) is 7.75. The van der Waals surface area contributed by atoms with Crippen molar-refractivity contribution in [3.63, 3.8) is 0 Å². The average molecular weight is 373 g/mol. The van der Waals surface area contributed by atoms with Crippen molar-refractivity contribution in [3.8, 4) is 5.75 Å². The van der Waals surface area contributed by atoms with Gasteiger partial charge in [-0.05, 0) is 51.0 Å². The highest BCUT2D eigenvalue weighted by molar-refractivity contribution is 5.94. The fourth-order valence-corrected chi connectivity index (χ4v) is 3.76. The van der Waals surface area contributed by atoms with E-state index in [-0.39, 0.29) is 18.0 Å². The Hall–Kier alpha value is -2.24. The van der Waals surface area contributed by atoms with Gasteiger partial charge < -0.3 is 19.9 Å². The number of amides is 3. The number of nitrogens with one attached hydrogen (secondary N) is 1. The summed E-state index contributed by atoms with van der Waals surface area (Å²) in [7, 11) is 0. The molecule has 1 heterocycles. The molecule has 1 aromatic rings. The highest BCUT2D eigenvalue weighted by Gasteiger charge is 2.26. The Labute approximate surface area is 161 Å². The van der Waals surface area contributed by atoms with E-state index in [0.717, 1.165) is 18.6 Å². The van der Waals surface area contributed by atoms with Crippen LogP contribution in [-0.2, 0) is 0 Å². The Balaban J connectivity index is 1.47. The van der Waals surface area contributed by atoms with Gasteiger partial charge in [0.05, 0.1) is 6.10 Å². The number of piperazine rings is 1. The molecule has 0 aromatic heterocycles. The van der Waals surface area contributed by atoms with E-state index < -0.39 is 0 Å². The predicted octanol–water partition coefficient (Wildman–Crippen LogP) is 3.27. The van der Waals surface area contributed by atoms with Gasteiger partial charge >= 0.3 is 6.03 Å². The second kappa shape index (κ2) is 9.11. The fraction of sp³-hybridized carbons (Fsp3) is 0.619. The minimum absolute atomic E-state index is 0.0124. The SMILES string of the molecule is CC(C)Oc1ccc(C(=O)N2CCN(C(=O)NC3CCCCC3)CC2)cc1. The lowest BCUT2D eigenvalue weighted by Crippen LogP contribution is -2.54. The molecular weight excluding hydrogens is 342 g/mol. The van der Waals surface area contributed by atoms with Gasteiger partial charge in [-0.3, -0.25) is 4.79 Å². The molecule has 1 aliphatic heterocycles. The topological polar surface area (TPSA) is 61.9 Å². The molecule has 0 spiro atoms. The van der Waals surface area contributed by atoms with Crippen LogP contribution in [0.25, 0.3) is 0 Å². The molecule has 0 bridgehead atoms. The summed E-state index contributed by atoms with van der Waals surface area (Å²) < 4.78 is 5.62. The summed E-state index contributed by atoms with van der Waals surface area (Å²) in [5.41, 5.74) is 0.659. The van der Waals surface area contributed by atoms with Crippen molar-refractivity contribution in [1.82, 2.24) is 15.1 Å². The highest BCUT2D eigenvalue weighted by atomic mass is 16.5. The largest absolute Gasteiger partial charge is 0.491 e. The number of carbonyl (C=O) groups is 2. The first-order chi connectivity index (χ1) is 13.0. The summed E-state index contributed by atoms with van der Waals surface area (Å²) in [6, 6.07) is 7.62. The lowest BCUT2D eigenvalue weighted by molar-refractivity contribution is 0.0662. The first-order valence-electron chi connectivity index (χ1n) is 10.1. The molecule has 1 aromatic carbocycles. The molecule has 0 unspecified atom stereocenters. The number of carbonyl (C=O) groups excluding carboxylic acids is 2. The Morgan fingerprint density at radius 1 is 0.963 bits per heavy atom. The average Bonchev–Trinajstić information content (AvgIpc) is 2.68. The van der Waals surface area contributed by atoms with Gasteiger partial charge in [0.25, 0.3) is 5.91 Å². The molecule has 2 fully saturated rings. The van der Waals surface area contributed by atoms with E-state index in [2.05, 4.69) is 5.32 Å². The van der Waals surface area contributed by atoms with E-state index in [1.54, 1.807) is 0 Å². The third-order valence-corrected chi connectivity index (χ3v) is 5.26. The summed E-state index contributed by atoms with van der Waals surface area (Å²) in [5, 5.41) is 3.16. The van der Waals surface area contributed by atoms with Gasteiger partial charge in [-0.1, -0.05) is 19.3 Å². The van der Waals surface area contributed by atoms with Crippen molar-refractivity contribution in [1.29, 1.82) is 0 Å². The molecule has 1 aliphatic carbocycles. The van der Waals surface area contributed by atoms with Gasteiger partial charge in [0.1, 0.15) is 5.75 Å². The monoisotopic (exact) mass is 373 g/mol. The maximum absolute atomic E-state index is 12.7. The van der Waals surface area contributed by atoms with Gasteiger partial charge in [-0.15, -0.1) is 0 Å². The van der Waals surface area contributed by atoms with Gasteiger partial charge in [-0.2, -0.15) is 0 Å². The van der Waals surface area contributed by atoms with E-state index in [1.165, 1.54) is 19.3 Å². The van der Waals surface area contributed by atoms with Crippen LogP contribution in [0.2, 0.25) is 0 Å². The van der Waals surface area contributed by atoms with E-state index in [1.807, 2.05) is 47.9 Å². The summed E-state index contributed by atoms with van der Waals surface area (Å²) in [6.45, 7) is 6.26. The van der Waals surface area contributed by atoms with Crippen molar-refractivity contribution in [2.45, 2.75) is 58.1 Å². The lowest BCUT2D eigenvalue weighted by atomic mass is 9.96. The van der Waals surface area contributed by atoms with Crippen LogP contribution in [0.1, 0.15) is 56.3 Å². The molecule has 6 heteroatoms. The Kier molecular flexibility index (Phi) is 6.58. The number of hydrogen-bond donors (Lipinski definition) is 1. The normalized spacial score (nSPS) is 18.5. The van der Waals surface area contributed by atoms with E-state index >= 15 is 0 Å². The van der Waals surface area contributed by atoms with Gasteiger partial charge in [0, 0.05) is 37.8 Å². The van der Waals surface area contributed by atoms with E-state index in [9.17, 15) is 9.59 Å². The maximum Gasteiger partial charge on any atom is 0.317 e. The summed E-state index contributed by atoms with van der Waals surface area (Å²) >= 11 is 0. The molecule has 1 saturated carbocycles. The number of rotatable bonds is 4. The molecule has 3 rings (SSSR count). The molecule has 0 radical (unpaired) electrons. The number of ether oxygens (including phenoxy) is 1. The van der Waals surface area contributed by atoms with Crippen molar-refractivity contribution in [2.75, 3.05) is 26.2 Å². The molecule has 27 heavy (non-hydrogen) atoms. The Morgan fingerprint density at radius 2 is 1.56 bits per heavy atom. The smallest absolute Gasteiger partial charge is 0.317 e. The standard InChI is InChI=1S/C21H31N3O3/c1-16(2)27-19-10-8-17(9-11-19)20(25)23-12-14-24(15-13-23)21(26)22-18-6-4-3-5-7-18/h8-11,16,18H,3-7,12-15H2,1-2H3,(H,22,26). The minimum Gasteiger partial charge on any atom is -0.491 e. The van der Waals surface area contributed by atoms with Crippen LogP contribution in [0.4, 0.5) is 4.79 Å². The molecule has 1 N–H and O–H groups in total. The molecular formula is C21H31N3O3. The van der Waals surface area contributed by atoms with Gasteiger partial charge in [-0.25, -0.2) is 4.79 Å². The van der Waals surface area contributed by atoms with Gasteiger partial charge in [0.15, 0.2) is 0 Å². The third-order valence-electron chi connectivity index (χ3n) is 5.26. The number of hydrogen-bond acceptors (Lipinski definition) is 3. The minimum atomic E-state index is 0.0124. The molecule has 148 valence electrons. The number of urea groups is 1. The van der Waals surface area contributed by atoms with Crippen LogP contribution in [0.15, 0.2) is 24.3 Å².